The molecule has 0 heterocycles. The highest BCUT2D eigenvalue weighted by Crippen LogP contribution is 2.30. The summed E-state index contributed by atoms with van der Waals surface area (Å²) in [5.74, 6) is -0.0195. The Morgan fingerprint density at radius 2 is 1.83 bits per heavy atom. The van der Waals surface area contributed by atoms with E-state index >= 15 is 0 Å². The van der Waals surface area contributed by atoms with Gasteiger partial charge >= 0.3 is 0 Å². The van der Waals surface area contributed by atoms with Crippen LogP contribution < -0.4 is 5.32 Å². The maximum absolute atomic E-state index is 12.3. The van der Waals surface area contributed by atoms with Crippen LogP contribution in [-0.2, 0) is 11.2 Å². The van der Waals surface area contributed by atoms with Gasteiger partial charge in [0.25, 0.3) is 0 Å². The molecule has 0 spiro atoms. The van der Waals surface area contributed by atoms with E-state index in [0.29, 0.717) is 5.56 Å². The van der Waals surface area contributed by atoms with Crippen molar-refractivity contribution in [2.75, 3.05) is 0 Å². The number of aryl methyl sites for hydroxylation is 3. The molecule has 1 amide bonds. The fourth-order valence-corrected chi connectivity index (χ4v) is 3.26. The van der Waals surface area contributed by atoms with E-state index in [1.54, 1.807) is 0 Å². The number of fused-ring (bicyclic) bond motifs is 1. The fourth-order valence-electron chi connectivity index (χ4n) is 3.26. The summed E-state index contributed by atoms with van der Waals surface area (Å²) < 4.78 is 0. The Hall–Kier alpha value is -2.42. The number of Topliss-reactive ketones (excluding diaryl/α,β-unsaturated/α-hetero) is 1. The van der Waals surface area contributed by atoms with Crippen LogP contribution in [0.4, 0.5) is 0 Å². The highest BCUT2D eigenvalue weighted by Gasteiger charge is 2.23. The Morgan fingerprint density at radius 3 is 2.62 bits per heavy atom. The van der Waals surface area contributed by atoms with Gasteiger partial charge in [0.1, 0.15) is 0 Å². The van der Waals surface area contributed by atoms with Gasteiger partial charge in [-0.05, 0) is 55.0 Å². The van der Waals surface area contributed by atoms with Crippen LogP contribution >= 0.6 is 0 Å². The third kappa shape index (κ3) is 3.56. The highest BCUT2D eigenvalue weighted by atomic mass is 16.2. The van der Waals surface area contributed by atoms with E-state index in [-0.39, 0.29) is 30.6 Å². The van der Waals surface area contributed by atoms with E-state index in [9.17, 15) is 9.59 Å². The average molecular weight is 321 g/mol. The second-order valence-electron chi connectivity index (χ2n) is 6.58. The number of benzene rings is 2. The second kappa shape index (κ2) is 7.00. The zero-order chi connectivity index (χ0) is 17.1. The zero-order valence-electron chi connectivity index (χ0n) is 14.3. The Labute approximate surface area is 143 Å². The molecule has 3 nitrogen and oxygen atoms in total. The number of carbonyl (C=O) groups excluding carboxylic acids is 2. The Kier molecular flexibility index (Phi) is 4.79. The van der Waals surface area contributed by atoms with Crippen molar-refractivity contribution in [3.63, 3.8) is 0 Å². The first-order chi connectivity index (χ1) is 11.5. The molecule has 0 aromatic heterocycles. The molecule has 0 bridgehead atoms. The molecular formula is C21H23NO2. The van der Waals surface area contributed by atoms with E-state index in [2.05, 4.69) is 17.4 Å². The summed E-state index contributed by atoms with van der Waals surface area (Å²) in [4.78, 5) is 24.5. The lowest BCUT2D eigenvalue weighted by Gasteiger charge is -2.14. The number of amides is 1. The molecule has 0 aliphatic heterocycles. The van der Waals surface area contributed by atoms with Crippen molar-refractivity contribution >= 4 is 11.7 Å². The molecule has 0 fully saturated rings. The molecule has 0 radical (unpaired) electrons. The number of hydrogen-bond acceptors (Lipinski definition) is 2. The Morgan fingerprint density at radius 1 is 1.04 bits per heavy atom. The van der Waals surface area contributed by atoms with E-state index in [1.165, 1.54) is 16.7 Å². The molecule has 1 aliphatic rings. The smallest absolute Gasteiger partial charge is 0.220 e. The number of rotatable bonds is 5. The summed E-state index contributed by atoms with van der Waals surface area (Å²) in [6.45, 7) is 4.02. The maximum atomic E-state index is 12.3. The maximum Gasteiger partial charge on any atom is 0.220 e. The first kappa shape index (κ1) is 16.4. The summed E-state index contributed by atoms with van der Waals surface area (Å²) in [6, 6.07) is 14.0. The van der Waals surface area contributed by atoms with E-state index in [1.807, 2.05) is 44.2 Å². The van der Waals surface area contributed by atoms with Gasteiger partial charge in [-0.25, -0.2) is 0 Å². The van der Waals surface area contributed by atoms with Crippen LogP contribution in [0.1, 0.15) is 57.9 Å². The van der Waals surface area contributed by atoms with Gasteiger partial charge in [0.15, 0.2) is 5.78 Å². The molecule has 3 rings (SSSR count). The van der Waals surface area contributed by atoms with Crippen molar-refractivity contribution in [3.05, 3.63) is 70.3 Å². The van der Waals surface area contributed by atoms with Crippen molar-refractivity contribution in [2.45, 2.75) is 45.6 Å². The van der Waals surface area contributed by atoms with Crippen LogP contribution in [0, 0.1) is 13.8 Å². The lowest BCUT2D eigenvalue weighted by molar-refractivity contribution is -0.121. The summed E-state index contributed by atoms with van der Waals surface area (Å²) in [7, 11) is 0. The molecule has 2 aromatic rings. The summed E-state index contributed by atoms with van der Waals surface area (Å²) >= 11 is 0. The first-order valence-electron chi connectivity index (χ1n) is 8.52. The Balaban J connectivity index is 1.54. The molecule has 0 saturated carbocycles. The Bertz CT molecular complexity index is 779. The van der Waals surface area contributed by atoms with E-state index in [4.69, 9.17) is 0 Å². The topological polar surface area (TPSA) is 46.2 Å². The van der Waals surface area contributed by atoms with Crippen molar-refractivity contribution in [1.82, 2.24) is 5.32 Å². The van der Waals surface area contributed by atoms with Crippen LogP contribution in [0.15, 0.2) is 42.5 Å². The molecule has 2 aromatic carbocycles. The third-order valence-corrected chi connectivity index (χ3v) is 4.88. The number of hydrogen-bond donors (Lipinski definition) is 1. The molecule has 124 valence electrons. The molecular weight excluding hydrogens is 298 g/mol. The first-order valence-corrected chi connectivity index (χ1v) is 8.52. The molecule has 1 unspecified atom stereocenters. The largest absolute Gasteiger partial charge is 0.349 e. The van der Waals surface area contributed by atoms with Crippen LogP contribution in [0.25, 0.3) is 0 Å². The van der Waals surface area contributed by atoms with Gasteiger partial charge < -0.3 is 5.32 Å². The van der Waals surface area contributed by atoms with Crippen LogP contribution in [0.5, 0.6) is 0 Å². The van der Waals surface area contributed by atoms with Gasteiger partial charge in [-0.1, -0.05) is 36.4 Å². The number of ketones is 1. The molecule has 1 N–H and O–H groups in total. The lowest BCUT2D eigenvalue weighted by atomic mass is 10.0. The van der Waals surface area contributed by atoms with Crippen molar-refractivity contribution < 1.29 is 9.59 Å². The van der Waals surface area contributed by atoms with Gasteiger partial charge in [0.2, 0.25) is 5.91 Å². The average Bonchev–Trinajstić information content (AvgIpc) is 2.98. The highest BCUT2D eigenvalue weighted by molar-refractivity contribution is 5.98. The molecule has 0 saturated heterocycles. The van der Waals surface area contributed by atoms with Gasteiger partial charge in [-0.15, -0.1) is 0 Å². The van der Waals surface area contributed by atoms with Crippen LogP contribution in [-0.4, -0.2) is 11.7 Å². The van der Waals surface area contributed by atoms with Gasteiger partial charge in [0, 0.05) is 18.4 Å². The monoisotopic (exact) mass is 321 g/mol. The van der Waals surface area contributed by atoms with Crippen molar-refractivity contribution in [2.24, 2.45) is 0 Å². The minimum atomic E-state index is -0.0473. The van der Waals surface area contributed by atoms with E-state index < -0.39 is 0 Å². The van der Waals surface area contributed by atoms with Gasteiger partial charge in [-0.3, -0.25) is 9.59 Å². The predicted octanol–water partition coefficient (Wildman–Crippen LogP) is 4.07. The summed E-state index contributed by atoms with van der Waals surface area (Å²) in [5.41, 5.74) is 5.49. The third-order valence-electron chi connectivity index (χ3n) is 4.88. The van der Waals surface area contributed by atoms with Crippen LogP contribution in [0.3, 0.4) is 0 Å². The predicted molar refractivity (Wildman–Crippen MR) is 95.1 cm³/mol. The normalized spacial score (nSPS) is 15.8. The van der Waals surface area contributed by atoms with Crippen molar-refractivity contribution in [1.29, 1.82) is 0 Å². The van der Waals surface area contributed by atoms with Gasteiger partial charge in [0.05, 0.1) is 6.04 Å². The summed E-state index contributed by atoms with van der Waals surface area (Å²) in [5, 5.41) is 3.07. The molecule has 24 heavy (non-hydrogen) atoms. The van der Waals surface area contributed by atoms with Crippen LogP contribution in [0.2, 0.25) is 0 Å². The summed E-state index contributed by atoms with van der Waals surface area (Å²) in [6.07, 6.45) is 2.44. The van der Waals surface area contributed by atoms with Gasteiger partial charge in [-0.2, -0.15) is 0 Å². The minimum Gasteiger partial charge on any atom is -0.349 e. The minimum absolute atomic E-state index is 0.0278. The number of carbonyl (C=O) groups is 2. The lowest BCUT2D eigenvalue weighted by Crippen LogP contribution is -2.27. The fraction of sp³-hybridized carbons (Fsp3) is 0.333. The SMILES string of the molecule is Cc1ccc(C(=O)CCC(=O)NC2CCc3ccccc32)cc1C. The standard InChI is InChI=1S/C21H23NO2/c1-14-7-8-17(13-15(14)2)20(23)11-12-21(24)22-19-10-9-16-5-3-4-6-18(16)19/h3-8,13,19H,9-12H2,1-2H3,(H,22,24). The molecule has 1 atom stereocenters. The molecule has 3 heteroatoms. The quantitative estimate of drug-likeness (QED) is 0.844. The molecule has 1 aliphatic carbocycles. The number of nitrogens with one attached hydrogen (secondary N) is 1. The van der Waals surface area contributed by atoms with Crippen molar-refractivity contribution in [3.8, 4) is 0 Å². The van der Waals surface area contributed by atoms with E-state index in [0.717, 1.165) is 18.4 Å². The zero-order valence-corrected chi connectivity index (χ0v) is 14.3. The second-order valence-corrected chi connectivity index (χ2v) is 6.58.